The molecule has 0 rings (SSSR count). The lowest BCUT2D eigenvalue weighted by molar-refractivity contribution is -0.138. The Kier molecular flexibility index (Phi) is 5.27. The summed E-state index contributed by atoms with van der Waals surface area (Å²) in [5.41, 5.74) is -0.501. The van der Waals surface area contributed by atoms with E-state index in [1.807, 2.05) is 34.6 Å². The summed E-state index contributed by atoms with van der Waals surface area (Å²) in [6.45, 7) is 9.66. The monoisotopic (exact) mass is 230 g/mol. The van der Waals surface area contributed by atoms with Gasteiger partial charge in [-0.15, -0.1) is 0 Å². The Balaban J connectivity index is 4.51. The van der Waals surface area contributed by atoms with Gasteiger partial charge < -0.3 is 15.3 Å². The minimum absolute atomic E-state index is 0.284. The molecule has 2 N–H and O–H groups in total. The van der Waals surface area contributed by atoms with Crippen molar-refractivity contribution >= 4 is 12.0 Å². The number of urea groups is 1. The Morgan fingerprint density at radius 1 is 1.31 bits per heavy atom. The number of amides is 2. The van der Waals surface area contributed by atoms with E-state index in [-0.39, 0.29) is 12.6 Å². The smallest absolute Gasteiger partial charge is 0.323 e. The first kappa shape index (κ1) is 14.7. The fourth-order valence-corrected chi connectivity index (χ4v) is 1.14. The van der Waals surface area contributed by atoms with Crippen molar-refractivity contribution in [3.8, 4) is 0 Å². The minimum Gasteiger partial charge on any atom is -0.480 e. The Hall–Kier alpha value is -1.26. The van der Waals surface area contributed by atoms with Crippen molar-refractivity contribution in [2.75, 3.05) is 13.1 Å². The van der Waals surface area contributed by atoms with Crippen LogP contribution in [-0.4, -0.2) is 40.6 Å². The molecule has 0 saturated carbocycles. The van der Waals surface area contributed by atoms with Crippen molar-refractivity contribution in [2.45, 2.75) is 40.2 Å². The van der Waals surface area contributed by atoms with Crippen molar-refractivity contribution < 1.29 is 14.7 Å². The van der Waals surface area contributed by atoms with Crippen molar-refractivity contribution in [3.63, 3.8) is 0 Å². The number of hydrogen-bond donors (Lipinski definition) is 2. The van der Waals surface area contributed by atoms with Gasteiger partial charge in [-0.1, -0.05) is 13.8 Å². The number of nitrogens with one attached hydrogen (secondary N) is 1. The van der Waals surface area contributed by atoms with Gasteiger partial charge in [-0.05, 0) is 26.7 Å². The van der Waals surface area contributed by atoms with E-state index in [4.69, 9.17) is 5.11 Å². The molecule has 0 aliphatic rings. The summed E-state index contributed by atoms with van der Waals surface area (Å²) in [5.74, 6) is -0.662. The molecule has 0 spiro atoms. The van der Waals surface area contributed by atoms with Crippen LogP contribution >= 0.6 is 0 Å². The highest BCUT2D eigenvalue weighted by Crippen LogP contribution is 2.12. The molecule has 94 valence electrons. The van der Waals surface area contributed by atoms with Crippen LogP contribution in [0.4, 0.5) is 4.79 Å². The molecular weight excluding hydrogens is 208 g/mol. The van der Waals surface area contributed by atoms with Gasteiger partial charge in [0.2, 0.25) is 0 Å². The molecule has 0 unspecified atom stereocenters. The quantitative estimate of drug-likeness (QED) is 0.769. The van der Waals surface area contributed by atoms with Crippen LogP contribution in [0.1, 0.15) is 34.6 Å². The van der Waals surface area contributed by atoms with Crippen LogP contribution in [0.25, 0.3) is 0 Å². The van der Waals surface area contributed by atoms with Crippen LogP contribution < -0.4 is 5.32 Å². The highest BCUT2D eigenvalue weighted by Gasteiger charge is 2.28. The molecule has 0 aromatic rings. The minimum atomic E-state index is -1.00. The van der Waals surface area contributed by atoms with Crippen molar-refractivity contribution in [3.05, 3.63) is 0 Å². The van der Waals surface area contributed by atoms with E-state index in [0.29, 0.717) is 12.5 Å². The molecule has 0 radical (unpaired) electrons. The van der Waals surface area contributed by atoms with Crippen molar-refractivity contribution in [2.24, 2.45) is 5.92 Å². The van der Waals surface area contributed by atoms with Gasteiger partial charge in [0.1, 0.15) is 6.54 Å². The van der Waals surface area contributed by atoms with Crippen LogP contribution in [0.3, 0.4) is 0 Å². The molecule has 0 atom stereocenters. The number of carbonyl (C=O) groups excluding carboxylic acids is 1. The van der Waals surface area contributed by atoms with Crippen molar-refractivity contribution in [1.29, 1.82) is 0 Å². The molecule has 0 aromatic heterocycles. The number of aliphatic carboxylic acids is 1. The third-order valence-electron chi connectivity index (χ3n) is 2.01. The standard InChI is InChI=1S/C11H22N2O3/c1-8(2)6-12-10(16)13(7-9(14)15)11(3,4)5/h8H,6-7H2,1-5H3,(H,12,16)(H,14,15). The first-order valence-electron chi connectivity index (χ1n) is 5.42. The third kappa shape index (κ3) is 5.58. The zero-order valence-electron chi connectivity index (χ0n) is 10.7. The summed E-state index contributed by atoms with van der Waals surface area (Å²) in [6.07, 6.45) is 0. The molecule has 5 nitrogen and oxygen atoms in total. The third-order valence-corrected chi connectivity index (χ3v) is 2.01. The van der Waals surface area contributed by atoms with E-state index in [1.165, 1.54) is 4.90 Å². The molecule has 2 amide bonds. The summed E-state index contributed by atoms with van der Waals surface area (Å²) >= 11 is 0. The zero-order valence-corrected chi connectivity index (χ0v) is 10.7. The Labute approximate surface area is 96.8 Å². The van der Waals surface area contributed by atoms with E-state index >= 15 is 0 Å². The number of hydrogen-bond acceptors (Lipinski definition) is 2. The van der Waals surface area contributed by atoms with Gasteiger partial charge in [0, 0.05) is 12.1 Å². The van der Waals surface area contributed by atoms with Crippen LogP contribution in [0.2, 0.25) is 0 Å². The number of carboxylic acids is 1. The lowest BCUT2D eigenvalue weighted by atomic mass is 10.1. The van der Waals surface area contributed by atoms with Gasteiger partial charge in [-0.2, -0.15) is 0 Å². The Morgan fingerprint density at radius 3 is 2.12 bits per heavy atom. The normalized spacial score (nSPS) is 11.4. The largest absolute Gasteiger partial charge is 0.480 e. The lowest BCUT2D eigenvalue weighted by Gasteiger charge is -2.34. The van der Waals surface area contributed by atoms with E-state index < -0.39 is 11.5 Å². The molecule has 5 heteroatoms. The molecule has 16 heavy (non-hydrogen) atoms. The first-order valence-corrected chi connectivity index (χ1v) is 5.42. The van der Waals surface area contributed by atoms with Gasteiger partial charge >= 0.3 is 12.0 Å². The van der Waals surface area contributed by atoms with E-state index in [9.17, 15) is 9.59 Å². The van der Waals surface area contributed by atoms with Crippen LogP contribution in [0.15, 0.2) is 0 Å². The summed E-state index contributed by atoms with van der Waals surface area (Å²) in [6, 6.07) is -0.330. The predicted molar refractivity (Wildman–Crippen MR) is 62.3 cm³/mol. The molecule has 0 aliphatic carbocycles. The topological polar surface area (TPSA) is 69.6 Å². The number of carbonyl (C=O) groups is 2. The van der Waals surface area contributed by atoms with Crippen molar-refractivity contribution in [1.82, 2.24) is 10.2 Å². The van der Waals surface area contributed by atoms with E-state index in [1.54, 1.807) is 0 Å². The first-order chi connectivity index (χ1) is 7.14. The fourth-order valence-electron chi connectivity index (χ4n) is 1.14. The second-order valence-corrected chi connectivity index (χ2v) is 5.23. The molecule has 0 fully saturated rings. The number of rotatable bonds is 4. The van der Waals surface area contributed by atoms with Gasteiger partial charge in [-0.3, -0.25) is 4.79 Å². The van der Waals surface area contributed by atoms with Gasteiger partial charge in [-0.25, -0.2) is 4.79 Å². The summed E-state index contributed by atoms with van der Waals surface area (Å²) in [4.78, 5) is 23.8. The molecule has 0 aromatic carbocycles. The molecule has 0 bridgehead atoms. The Morgan fingerprint density at radius 2 is 1.81 bits per heavy atom. The maximum atomic E-state index is 11.8. The molecule has 0 heterocycles. The maximum Gasteiger partial charge on any atom is 0.323 e. The fraction of sp³-hybridized carbons (Fsp3) is 0.818. The average Bonchev–Trinajstić information content (AvgIpc) is 2.08. The van der Waals surface area contributed by atoms with Gasteiger partial charge in [0.15, 0.2) is 0 Å². The lowest BCUT2D eigenvalue weighted by Crippen LogP contribution is -2.52. The van der Waals surface area contributed by atoms with Crippen LogP contribution in [-0.2, 0) is 4.79 Å². The molecule has 0 saturated heterocycles. The average molecular weight is 230 g/mol. The zero-order chi connectivity index (χ0) is 12.9. The summed E-state index contributed by atoms with van der Waals surface area (Å²) in [7, 11) is 0. The van der Waals surface area contributed by atoms with Crippen LogP contribution in [0.5, 0.6) is 0 Å². The van der Waals surface area contributed by atoms with Crippen LogP contribution in [0, 0.1) is 5.92 Å². The highest BCUT2D eigenvalue weighted by atomic mass is 16.4. The maximum absolute atomic E-state index is 11.8. The van der Waals surface area contributed by atoms with E-state index in [0.717, 1.165) is 0 Å². The summed E-state index contributed by atoms with van der Waals surface area (Å²) < 4.78 is 0. The Bertz CT molecular complexity index is 256. The summed E-state index contributed by atoms with van der Waals surface area (Å²) in [5, 5.41) is 11.5. The van der Waals surface area contributed by atoms with Gasteiger partial charge in [0.05, 0.1) is 0 Å². The second kappa shape index (κ2) is 5.72. The number of carboxylic acid groups (broad SMARTS) is 1. The highest BCUT2D eigenvalue weighted by molar-refractivity contribution is 5.80. The van der Waals surface area contributed by atoms with Gasteiger partial charge in [0.25, 0.3) is 0 Å². The predicted octanol–water partition coefficient (Wildman–Crippen LogP) is 1.54. The number of nitrogens with zero attached hydrogens (tertiary/aromatic N) is 1. The molecule has 0 aliphatic heterocycles. The van der Waals surface area contributed by atoms with E-state index in [2.05, 4.69) is 5.32 Å². The SMILES string of the molecule is CC(C)CNC(=O)N(CC(=O)O)C(C)(C)C. The molecular formula is C11H22N2O3. The second-order valence-electron chi connectivity index (χ2n) is 5.23.